The summed E-state index contributed by atoms with van der Waals surface area (Å²) in [5.74, 6) is 3.08. The Bertz CT molecular complexity index is 353. The Hall–Kier alpha value is 0.991. The minimum absolute atomic E-state index is 0. The minimum atomic E-state index is 0. The van der Waals surface area contributed by atoms with Crippen LogP contribution in [0.5, 0.6) is 0 Å². The predicted molar refractivity (Wildman–Crippen MR) is 86.9 cm³/mol. The van der Waals surface area contributed by atoms with Crippen molar-refractivity contribution in [1.82, 2.24) is 0 Å². The van der Waals surface area contributed by atoms with Gasteiger partial charge in [-0.15, -0.1) is 0 Å². The van der Waals surface area contributed by atoms with Crippen LogP contribution in [0.15, 0.2) is 22.4 Å². The molecular weight excluding hydrogens is 351 g/mol. The van der Waals surface area contributed by atoms with Crippen molar-refractivity contribution < 1.29 is 46.5 Å². The second-order valence-electron chi connectivity index (χ2n) is 6.25. The van der Waals surface area contributed by atoms with Crippen LogP contribution in [0.3, 0.4) is 0 Å². The molecule has 1 rings (SSSR count). The van der Waals surface area contributed by atoms with E-state index in [1.807, 2.05) is 0 Å². The molecule has 21 heavy (non-hydrogen) atoms. The smallest absolute Gasteiger partial charge is 1.00 e. The van der Waals surface area contributed by atoms with Crippen LogP contribution in [0, 0.1) is 23.7 Å². The van der Waals surface area contributed by atoms with Gasteiger partial charge < -0.3 is 24.8 Å². The zero-order chi connectivity index (χ0) is 13.9. The van der Waals surface area contributed by atoms with Crippen LogP contribution in [0.25, 0.3) is 0 Å². The Morgan fingerprint density at radius 3 is 1.81 bits per heavy atom. The molecule has 0 saturated carbocycles. The quantitative estimate of drug-likeness (QED) is 0.480. The normalized spacial score (nSPS) is 21.6. The molecule has 0 aromatic heterocycles. The zero-order valence-electron chi connectivity index (χ0n) is 14.8. The van der Waals surface area contributed by atoms with Gasteiger partial charge in [-0.05, 0) is 47.7 Å². The molecule has 0 saturated heterocycles. The predicted octanol–water partition coefficient (Wildman–Crippen LogP) is -1.69. The van der Waals surface area contributed by atoms with Crippen molar-refractivity contribution in [2.75, 3.05) is 0 Å². The Balaban J connectivity index is -0.00000108. The molecule has 0 aromatic carbocycles. The third-order valence-corrected chi connectivity index (χ3v) is 6.31. The Morgan fingerprint density at radius 2 is 1.43 bits per heavy atom. The first-order valence-corrected chi connectivity index (χ1v) is 8.90. The summed E-state index contributed by atoms with van der Waals surface area (Å²) < 4.78 is 0. The van der Waals surface area contributed by atoms with Crippen molar-refractivity contribution in [2.45, 2.75) is 60.8 Å². The van der Waals surface area contributed by atoms with Crippen molar-refractivity contribution in [3.63, 3.8) is 0 Å². The molecule has 0 aliphatic heterocycles. The Morgan fingerprint density at radius 1 is 0.952 bits per heavy atom. The molecule has 1 aliphatic rings. The second-order valence-corrected chi connectivity index (χ2v) is 7.33. The van der Waals surface area contributed by atoms with Gasteiger partial charge in [-0.2, -0.15) is 0 Å². The molecule has 0 N–H and O–H groups in total. The fourth-order valence-electron chi connectivity index (χ4n) is 3.19. The van der Waals surface area contributed by atoms with E-state index in [1.54, 1.807) is 16.3 Å². The second kappa shape index (κ2) is 12.4. The van der Waals surface area contributed by atoms with Crippen LogP contribution in [-0.4, -0.2) is 10.2 Å². The molecule has 0 spiro atoms. The van der Waals surface area contributed by atoms with E-state index in [9.17, 15) is 0 Å². The number of hydrogen-bond acceptors (Lipinski definition) is 0. The number of halogens is 2. The molecule has 4 heteroatoms. The molecule has 0 amide bonds. The van der Waals surface area contributed by atoms with Crippen LogP contribution in [-0.2, 0) is 21.7 Å². The van der Waals surface area contributed by atoms with Gasteiger partial charge in [0, 0.05) is 10.2 Å². The van der Waals surface area contributed by atoms with Crippen LogP contribution < -0.4 is 24.8 Å². The summed E-state index contributed by atoms with van der Waals surface area (Å²) in [5, 5.41) is 1.80. The fraction of sp³-hybridized carbons (Fsp3) is 0.765. The molecule has 0 heterocycles. The van der Waals surface area contributed by atoms with Crippen molar-refractivity contribution in [1.29, 1.82) is 0 Å². The SMILES string of the molecule is CCC(C)C1=CC(C(C)CC)C([SiH3])=C1C(C)CC.[Cl-].[Cl-].[Ti+2]. The van der Waals surface area contributed by atoms with Gasteiger partial charge in [0.25, 0.3) is 0 Å². The summed E-state index contributed by atoms with van der Waals surface area (Å²) in [7, 11) is 1.24. The summed E-state index contributed by atoms with van der Waals surface area (Å²) in [6.45, 7) is 14.2. The van der Waals surface area contributed by atoms with Gasteiger partial charge in [0.1, 0.15) is 0 Å². The van der Waals surface area contributed by atoms with E-state index in [-0.39, 0.29) is 46.5 Å². The number of rotatable bonds is 6. The van der Waals surface area contributed by atoms with Gasteiger partial charge in [-0.1, -0.05) is 59.2 Å². The fourth-order valence-corrected chi connectivity index (χ4v) is 4.70. The third-order valence-electron chi connectivity index (χ3n) is 5.10. The van der Waals surface area contributed by atoms with E-state index in [2.05, 4.69) is 47.6 Å². The van der Waals surface area contributed by atoms with Crippen LogP contribution in [0.2, 0.25) is 0 Å². The zero-order valence-corrected chi connectivity index (χ0v) is 19.8. The monoisotopic (exact) mass is 382 g/mol. The first-order valence-electron chi connectivity index (χ1n) is 7.90. The molecule has 0 radical (unpaired) electrons. The van der Waals surface area contributed by atoms with Gasteiger partial charge in [0.15, 0.2) is 0 Å². The summed E-state index contributed by atoms with van der Waals surface area (Å²) in [6.07, 6.45) is 6.48. The van der Waals surface area contributed by atoms with Crippen LogP contribution >= 0.6 is 0 Å². The van der Waals surface area contributed by atoms with E-state index < -0.39 is 0 Å². The van der Waals surface area contributed by atoms with E-state index in [1.165, 1.54) is 29.5 Å². The molecular formula is C17H32Cl2SiTi. The van der Waals surface area contributed by atoms with Crippen molar-refractivity contribution >= 4 is 10.2 Å². The molecule has 0 bridgehead atoms. The minimum Gasteiger partial charge on any atom is -1.00 e. The topological polar surface area (TPSA) is 0 Å². The average Bonchev–Trinajstić information content (AvgIpc) is 2.73. The Labute approximate surface area is 163 Å². The van der Waals surface area contributed by atoms with Gasteiger partial charge >= 0.3 is 21.7 Å². The van der Waals surface area contributed by atoms with Crippen LogP contribution in [0.4, 0.5) is 0 Å². The molecule has 0 fully saturated rings. The van der Waals surface area contributed by atoms with Gasteiger partial charge in [0.2, 0.25) is 0 Å². The van der Waals surface area contributed by atoms with Crippen molar-refractivity contribution in [2.24, 2.45) is 23.7 Å². The standard InChI is InChI=1S/C17H32Si.2ClH.Ti/c1-7-11(4)14-10-15(12(5)8-2)17(18)16(14)13(6)9-3;;;/h10-13,15H,7-9H2,1-6,18H3;2*1H;/q;;;+2/p-2. The maximum absolute atomic E-state index is 2.63. The molecule has 0 aromatic rings. The van der Waals surface area contributed by atoms with Crippen molar-refractivity contribution in [3.8, 4) is 0 Å². The summed E-state index contributed by atoms with van der Waals surface area (Å²) >= 11 is 0. The van der Waals surface area contributed by atoms with Gasteiger partial charge in [-0.3, -0.25) is 0 Å². The molecule has 4 unspecified atom stereocenters. The molecule has 122 valence electrons. The first kappa shape index (κ1) is 26.9. The largest absolute Gasteiger partial charge is 2.00 e. The van der Waals surface area contributed by atoms with E-state index in [0.717, 1.165) is 23.7 Å². The van der Waals surface area contributed by atoms with E-state index >= 15 is 0 Å². The number of allylic oxidation sites excluding steroid dienone is 4. The molecule has 4 atom stereocenters. The Kier molecular flexibility index (Phi) is 15.9. The molecule has 0 nitrogen and oxygen atoms in total. The van der Waals surface area contributed by atoms with E-state index in [0.29, 0.717) is 0 Å². The first-order chi connectivity index (χ1) is 8.47. The third kappa shape index (κ3) is 6.18. The summed E-state index contributed by atoms with van der Waals surface area (Å²) in [6, 6.07) is 0. The van der Waals surface area contributed by atoms with Crippen molar-refractivity contribution in [3.05, 3.63) is 22.4 Å². The maximum Gasteiger partial charge on any atom is 2.00 e. The maximum atomic E-state index is 2.63. The van der Waals surface area contributed by atoms with Crippen LogP contribution in [0.1, 0.15) is 60.8 Å². The number of hydrogen-bond donors (Lipinski definition) is 0. The average molecular weight is 383 g/mol. The van der Waals surface area contributed by atoms with E-state index in [4.69, 9.17) is 0 Å². The summed E-state index contributed by atoms with van der Waals surface area (Å²) in [5.41, 5.74) is 3.45. The van der Waals surface area contributed by atoms with Gasteiger partial charge in [-0.25, -0.2) is 0 Å². The molecule has 1 aliphatic carbocycles. The summed E-state index contributed by atoms with van der Waals surface area (Å²) in [4.78, 5) is 0. The van der Waals surface area contributed by atoms with Gasteiger partial charge in [0.05, 0.1) is 0 Å².